The SMILES string of the molecule is CNCc1nnc(NCCC(C)S(C)=O)o1. The molecule has 2 unspecified atom stereocenters. The zero-order chi connectivity index (χ0) is 12.0. The topological polar surface area (TPSA) is 80.0 Å². The molecule has 0 saturated heterocycles. The number of nitrogens with zero attached hydrogens (tertiary/aromatic N) is 2. The maximum atomic E-state index is 11.1. The predicted molar refractivity (Wildman–Crippen MR) is 63.7 cm³/mol. The van der Waals surface area contributed by atoms with E-state index in [-0.39, 0.29) is 5.25 Å². The highest BCUT2D eigenvalue weighted by Gasteiger charge is 2.07. The Kier molecular flexibility index (Phi) is 5.41. The van der Waals surface area contributed by atoms with Crippen molar-refractivity contribution in [3.8, 4) is 0 Å². The fourth-order valence-corrected chi connectivity index (χ4v) is 1.55. The van der Waals surface area contributed by atoms with Gasteiger partial charge in [0.1, 0.15) is 0 Å². The summed E-state index contributed by atoms with van der Waals surface area (Å²) in [7, 11) is 1.03. The molecule has 6 nitrogen and oxygen atoms in total. The van der Waals surface area contributed by atoms with Gasteiger partial charge in [-0.25, -0.2) is 0 Å². The van der Waals surface area contributed by atoms with E-state index < -0.39 is 10.8 Å². The molecule has 1 heterocycles. The number of hydrogen-bond acceptors (Lipinski definition) is 6. The summed E-state index contributed by atoms with van der Waals surface area (Å²) in [5.74, 6) is 0.553. The maximum absolute atomic E-state index is 11.1. The molecule has 0 radical (unpaired) electrons. The first kappa shape index (κ1) is 13.1. The monoisotopic (exact) mass is 246 g/mol. The minimum atomic E-state index is -0.783. The zero-order valence-electron chi connectivity index (χ0n) is 9.82. The first-order chi connectivity index (χ1) is 7.63. The van der Waals surface area contributed by atoms with E-state index in [4.69, 9.17) is 4.42 Å². The summed E-state index contributed by atoms with van der Waals surface area (Å²) in [4.78, 5) is 0. The van der Waals surface area contributed by atoms with Crippen LogP contribution in [0.3, 0.4) is 0 Å². The van der Waals surface area contributed by atoms with Gasteiger partial charge in [0.05, 0.1) is 6.54 Å². The molecular formula is C9H18N4O2S. The number of hydrogen-bond donors (Lipinski definition) is 2. The van der Waals surface area contributed by atoms with Gasteiger partial charge in [-0.15, -0.1) is 5.10 Å². The summed E-state index contributed by atoms with van der Waals surface area (Å²) in [6.45, 7) is 3.20. The molecule has 0 aliphatic carbocycles. The van der Waals surface area contributed by atoms with E-state index in [0.717, 1.165) is 6.42 Å². The van der Waals surface area contributed by atoms with Gasteiger partial charge in [-0.05, 0) is 13.5 Å². The van der Waals surface area contributed by atoms with Crippen LogP contribution in [-0.4, -0.2) is 39.5 Å². The first-order valence-electron chi connectivity index (χ1n) is 5.16. The summed E-state index contributed by atoms with van der Waals surface area (Å²) in [5, 5.41) is 13.8. The van der Waals surface area contributed by atoms with E-state index in [1.165, 1.54) is 0 Å². The first-order valence-corrected chi connectivity index (χ1v) is 6.78. The second kappa shape index (κ2) is 6.59. The van der Waals surface area contributed by atoms with Crippen LogP contribution in [0.25, 0.3) is 0 Å². The summed E-state index contributed by atoms with van der Waals surface area (Å²) >= 11 is 0. The van der Waals surface area contributed by atoms with Crippen LogP contribution in [0.15, 0.2) is 4.42 Å². The summed E-state index contributed by atoms with van der Waals surface area (Å²) in [6.07, 6.45) is 2.52. The molecule has 0 bridgehead atoms. The molecule has 2 N–H and O–H groups in total. The lowest BCUT2D eigenvalue weighted by molar-refractivity contribution is 0.489. The van der Waals surface area contributed by atoms with Crippen LogP contribution < -0.4 is 10.6 Å². The standard InChI is InChI=1S/C9H18N4O2S/c1-7(16(3)14)4-5-11-9-13-12-8(15-9)6-10-2/h7,10H,4-6H2,1-3H3,(H,11,13). The Morgan fingerprint density at radius 3 is 2.88 bits per heavy atom. The molecule has 7 heteroatoms. The Morgan fingerprint density at radius 1 is 1.50 bits per heavy atom. The molecule has 1 aromatic rings. The molecule has 92 valence electrons. The minimum Gasteiger partial charge on any atom is -0.407 e. The van der Waals surface area contributed by atoms with Gasteiger partial charge < -0.3 is 15.1 Å². The van der Waals surface area contributed by atoms with Crippen molar-refractivity contribution in [3.63, 3.8) is 0 Å². The third-order valence-electron chi connectivity index (χ3n) is 2.19. The van der Waals surface area contributed by atoms with Crippen LogP contribution in [-0.2, 0) is 17.3 Å². The number of nitrogens with one attached hydrogen (secondary N) is 2. The van der Waals surface area contributed by atoms with Gasteiger partial charge in [0, 0.05) is 28.9 Å². The van der Waals surface area contributed by atoms with Gasteiger partial charge in [0.15, 0.2) is 0 Å². The van der Waals surface area contributed by atoms with Crippen molar-refractivity contribution in [1.82, 2.24) is 15.5 Å². The fraction of sp³-hybridized carbons (Fsp3) is 0.778. The molecule has 0 aliphatic heterocycles. The molecule has 0 saturated carbocycles. The minimum absolute atomic E-state index is 0.173. The highest BCUT2D eigenvalue weighted by atomic mass is 32.2. The third-order valence-corrected chi connectivity index (χ3v) is 3.56. The lowest BCUT2D eigenvalue weighted by Crippen LogP contribution is -2.14. The Labute approximate surface area is 97.7 Å². The average Bonchev–Trinajstić information content (AvgIpc) is 2.66. The molecule has 2 atom stereocenters. The largest absolute Gasteiger partial charge is 0.407 e. The van der Waals surface area contributed by atoms with Crippen LogP contribution in [0.2, 0.25) is 0 Å². The van der Waals surface area contributed by atoms with Crippen LogP contribution in [0.4, 0.5) is 6.01 Å². The van der Waals surface area contributed by atoms with Gasteiger partial charge in [-0.1, -0.05) is 12.0 Å². The van der Waals surface area contributed by atoms with E-state index in [2.05, 4.69) is 20.8 Å². The van der Waals surface area contributed by atoms with E-state index >= 15 is 0 Å². The van der Waals surface area contributed by atoms with Gasteiger partial charge >= 0.3 is 6.01 Å². The normalized spacial score (nSPS) is 14.7. The second-order valence-electron chi connectivity index (χ2n) is 3.56. The van der Waals surface area contributed by atoms with E-state index in [1.54, 1.807) is 6.26 Å². The molecule has 0 aromatic carbocycles. The molecule has 1 rings (SSSR count). The quantitative estimate of drug-likeness (QED) is 0.723. The fourth-order valence-electron chi connectivity index (χ4n) is 1.10. The maximum Gasteiger partial charge on any atom is 0.315 e. The van der Waals surface area contributed by atoms with Gasteiger partial charge in [0.25, 0.3) is 0 Å². The van der Waals surface area contributed by atoms with E-state index in [9.17, 15) is 4.21 Å². The highest BCUT2D eigenvalue weighted by Crippen LogP contribution is 2.06. The van der Waals surface area contributed by atoms with Crippen molar-refractivity contribution in [3.05, 3.63) is 5.89 Å². The van der Waals surface area contributed by atoms with Crippen molar-refractivity contribution < 1.29 is 8.63 Å². The number of anilines is 1. The zero-order valence-corrected chi connectivity index (χ0v) is 10.6. The average molecular weight is 246 g/mol. The van der Waals surface area contributed by atoms with Crippen molar-refractivity contribution in [1.29, 1.82) is 0 Å². The summed E-state index contributed by atoms with van der Waals surface area (Å²) in [5.41, 5.74) is 0. The Balaban J connectivity index is 2.29. The molecule has 16 heavy (non-hydrogen) atoms. The number of rotatable bonds is 7. The van der Waals surface area contributed by atoms with E-state index in [0.29, 0.717) is 25.0 Å². The van der Waals surface area contributed by atoms with Crippen LogP contribution in [0.1, 0.15) is 19.2 Å². The van der Waals surface area contributed by atoms with E-state index in [1.807, 2.05) is 14.0 Å². The summed E-state index contributed by atoms with van der Waals surface area (Å²) < 4.78 is 16.4. The van der Waals surface area contributed by atoms with Gasteiger partial charge in [-0.3, -0.25) is 4.21 Å². The van der Waals surface area contributed by atoms with Crippen molar-refractivity contribution in [2.45, 2.75) is 25.1 Å². The van der Waals surface area contributed by atoms with Gasteiger partial charge in [-0.2, -0.15) is 0 Å². The second-order valence-corrected chi connectivity index (χ2v) is 5.36. The van der Waals surface area contributed by atoms with Crippen molar-refractivity contribution >= 4 is 16.8 Å². The van der Waals surface area contributed by atoms with Crippen LogP contribution >= 0.6 is 0 Å². The van der Waals surface area contributed by atoms with Crippen LogP contribution in [0, 0.1) is 0 Å². The summed E-state index contributed by atoms with van der Waals surface area (Å²) in [6, 6.07) is 0.416. The van der Waals surface area contributed by atoms with Crippen LogP contribution in [0.5, 0.6) is 0 Å². The molecule has 1 aromatic heterocycles. The Hall–Kier alpha value is -0.950. The van der Waals surface area contributed by atoms with Gasteiger partial charge in [0.2, 0.25) is 5.89 Å². The number of aromatic nitrogens is 2. The lowest BCUT2D eigenvalue weighted by atomic mass is 10.3. The Morgan fingerprint density at radius 2 is 2.25 bits per heavy atom. The molecule has 0 spiro atoms. The lowest BCUT2D eigenvalue weighted by Gasteiger charge is -2.07. The van der Waals surface area contributed by atoms with Crippen molar-refractivity contribution in [2.75, 3.05) is 25.2 Å². The van der Waals surface area contributed by atoms with Crippen molar-refractivity contribution in [2.24, 2.45) is 0 Å². The molecular weight excluding hydrogens is 228 g/mol. The Bertz CT molecular complexity index is 342. The molecule has 0 amide bonds. The molecule has 0 aliphatic rings. The third kappa shape index (κ3) is 4.28. The predicted octanol–water partition coefficient (Wildman–Crippen LogP) is 0.358. The highest BCUT2D eigenvalue weighted by molar-refractivity contribution is 7.84. The smallest absolute Gasteiger partial charge is 0.315 e. The molecule has 0 fully saturated rings.